The van der Waals surface area contributed by atoms with E-state index in [4.69, 9.17) is 4.74 Å². The third-order valence-corrected chi connectivity index (χ3v) is 3.31. The highest BCUT2D eigenvalue weighted by Gasteiger charge is 2.26. The SMILES string of the molecule is CCCCCCCCC1C=C(CC(=O)OC)C(=O)O1. The van der Waals surface area contributed by atoms with Gasteiger partial charge < -0.3 is 9.47 Å². The molecule has 0 aromatic rings. The summed E-state index contributed by atoms with van der Waals surface area (Å²) in [6, 6.07) is 0. The van der Waals surface area contributed by atoms with Crippen LogP contribution in [0.25, 0.3) is 0 Å². The van der Waals surface area contributed by atoms with Gasteiger partial charge in [0.2, 0.25) is 0 Å². The van der Waals surface area contributed by atoms with E-state index in [1.807, 2.05) is 0 Å². The Balaban J connectivity index is 2.21. The first kappa shape index (κ1) is 15.7. The summed E-state index contributed by atoms with van der Waals surface area (Å²) in [5.74, 6) is -0.773. The summed E-state index contributed by atoms with van der Waals surface area (Å²) in [5, 5.41) is 0. The van der Waals surface area contributed by atoms with E-state index >= 15 is 0 Å². The lowest BCUT2D eigenvalue weighted by molar-refractivity contribution is -0.144. The van der Waals surface area contributed by atoms with E-state index < -0.39 is 5.97 Å². The molecule has 1 unspecified atom stereocenters. The van der Waals surface area contributed by atoms with Crippen molar-refractivity contribution >= 4 is 11.9 Å². The minimum absolute atomic E-state index is 0.0162. The second-order valence-corrected chi connectivity index (χ2v) is 4.95. The van der Waals surface area contributed by atoms with Crippen LogP contribution >= 0.6 is 0 Å². The third kappa shape index (κ3) is 5.90. The van der Waals surface area contributed by atoms with Gasteiger partial charge in [0.25, 0.3) is 0 Å². The number of hydrogen-bond acceptors (Lipinski definition) is 4. The summed E-state index contributed by atoms with van der Waals surface area (Å²) in [6.45, 7) is 2.20. The number of carbonyl (C=O) groups excluding carboxylic acids is 2. The van der Waals surface area contributed by atoms with Crippen LogP contribution in [0, 0.1) is 0 Å². The normalized spacial score (nSPS) is 18.1. The Morgan fingerprint density at radius 3 is 2.63 bits per heavy atom. The zero-order chi connectivity index (χ0) is 14.1. The summed E-state index contributed by atoms with van der Waals surface area (Å²) in [6.07, 6.45) is 9.78. The van der Waals surface area contributed by atoms with Crippen molar-refractivity contribution in [3.8, 4) is 0 Å². The van der Waals surface area contributed by atoms with Crippen LogP contribution in [0.2, 0.25) is 0 Å². The minimum atomic E-state index is -0.400. The largest absolute Gasteiger partial charge is 0.469 e. The van der Waals surface area contributed by atoms with E-state index in [-0.39, 0.29) is 18.5 Å². The van der Waals surface area contributed by atoms with Crippen LogP contribution in [0.4, 0.5) is 0 Å². The fraction of sp³-hybridized carbons (Fsp3) is 0.733. The number of rotatable bonds is 9. The van der Waals surface area contributed by atoms with Crippen LogP contribution in [0.15, 0.2) is 11.6 Å². The Morgan fingerprint density at radius 1 is 1.26 bits per heavy atom. The van der Waals surface area contributed by atoms with Crippen LogP contribution in [-0.4, -0.2) is 25.2 Å². The molecule has 0 bridgehead atoms. The lowest BCUT2D eigenvalue weighted by Crippen LogP contribution is -2.09. The topological polar surface area (TPSA) is 52.6 Å². The van der Waals surface area contributed by atoms with Gasteiger partial charge in [-0.25, -0.2) is 4.79 Å². The number of hydrogen-bond donors (Lipinski definition) is 0. The molecule has 0 saturated heterocycles. The first-order chi connectivity index (χ1) is 9.17. The van der Waals surface area contributed by atoms with Crippen molar-refractivity contribution in [1.82, 2.24) is 0 Å². The van der Waals surface area contributed by atoms with E-state index in [0.29, 0.717) is 5.57 Å². The molecule has 1 aliphatic rings. The molecule has 0 aliphatic carbocycles. The van der Waals surface area contributed by atoms with Gasteiger partial charge in [0.1, 0.15) is 6.10 Å². The minimum Gasteiger partial charge on any atom is -0.469 e. The van der Waals surface area contributed by atoms with E-state index in [2.05, 4.69) is 11.7 Å². The number of ether oxygens (including phenoxy) is 2. The van der Waals surface area contributed by atoms with Gasteiger partial charge in [-0.15, -0.1) is 0 Å². The smallest absolute Gasteiger partial charge is 0.335 e. The Bertz CT molecular complexity index is 333. The van der Waals surface area contributed by atoms with Crippen molar-refractivity contribution in [2.24, 2.45) is 0 Å². The second kappa shape index (κ2) is 8.73. The average Bonchev–Trinajstić information content (AvgIpc) is 2.74. The van der Waals surface area contributed by atoms with Crippen molar-refractivity contribution in [3.05, 3.63) is 11.6 Å². The van der Waals surface area contributed by atoms with Crippen molar-refractivity contribution in [1.29, 1.82) is 0 Å². The summed E-state index contributed by atoms with van der Waals surface area (Å²) in [5.41, 5.74) is 0.433. The monoisotopic (exact) mass is 268 g/mol. The quantitative estimate of drug-likeness (QED) is 0.476. The third-order valence-electron chi connectivity index (χ3n) is 3.31. The second-order valence-electron chi connectivity index (χ2n) is 4.95. The molecule has 0 N–H and O–H groups in total. The van der Waals surface area contributed by atoms with Crippen LogP contribution < -0.4 is 0 Å². The summed E-state index contributed by atoms with van der Waals surface area (Å²) in [7, 11) is 1.32. The molecule has 108 valence electrons. The molecule has 4 nitrogen and oxygen atoms in total. The predicted molar refractivity (Wildman–Crippen MR) is 72.6 cm³/mol. The fourth-order valence-electron chi connectivity index (χ4n) is 2.17. The zero-order valence-corrected chi connectivity index (χ0v) is 11.9. The van der Waals surface area contributed by atoms with Crippen molar-refractivity contribution in [2.45, 2.75) is 64.4 Å². The number of cyclic esters (lactones) is 1. The number of methoxy groups -OCH3 is 1. The summed E-state index contributed by atoms with van der Waals surface area (Å²) in [4.78, 5) is 22.6. The van der Waals surface area contributed by atoms with Crippen LogP contribution in [0.1, 0.15) is 58.3 Å². The maximum Gasteiger partial charge on any atom is 0.335 e. The molecule has 1 rings (SSSR count). The Labute approximate surface area is 115 Å². The standard InChI is InChI=1S/C15H24O4/c1-3-4-5-6-7-8-9-13-10-12(15(17)19-13)11-14(16)18-2/h10,13H,3-9,11H2,1-2H3. The molecule has 19 heavy (non-hydrogen) atoms. The molecule has 0 radical (unpaired) electrons. The molecule has 0 aromatic carbocycles. The van der Waals surface area contributed by atoms with Gasteiger partial charge >= 0.3 is 11.9 Å². The van der Waals surface area contributed by atoms with Gasteiger partial charge in [-0.05, 0) is 18.9 Å². The van der Waals surface area contributed by atoms with Gasteiger partial charge in [0.05, 0.1) is 13.5 Å². The molecule has 4 heteroatoms. The highest BCUT2D eigenvalue weighted by atomic mass is 16.5. The fourth-order valence-corrected chi connectivity index (χ4v) is 2.17. The summed E-state index contributed by atoms with van der Waals surface area (Å²) >= 11 is 0. The van der Waals surface area contributed by atoms with E-state index in [1.165, 1.54) is 39.2 Å². The summed E-state index contributed by atoms with van der Waals surface area (Å²) < 4.78 is 9.75. The molecular formula is C15H24O4. The number of unbranched alkanes of at least 4 members (excludes halogenated alkanes) is 5. The maximum atomic E-state index is 11.5. The molecule has 1 heterocycles. The molecule has 0 aromatic heterocycles. The molecule has 0 spiro atoms. The van der Waals surface area contributed by atoms with Crippen molar-refractivity contribution in [3.63, 3.8) is 0 Å². The zero-order valence-electron chi connectivity index (χ0n) is 11.9. The Hall–Kier alpha value is -1.32. The van der Waals surface area contributed by atoms with Crippen LogP contribution in [0.5, 0.6) is 0 Å². The molecule has 0 amide bonds. The van der Waals surface area contributed by atoms with Crippen molar-refractivity contribution in [2.75, 3.05) is 7.11 Å². The lowest BCUT2D eigenvalue weighted by Gasteiger charge is -2.07. The van der Waals surface area contributed by atoms with Gasteiger partial charge in [0, 0.05) is 5.57 Å². The van der Waals surface area contributed by atoms with Crippen molar-refractivity contribution < 1.29 is 19.1 Å². The Morgan fingerprint density at radius 2 is 1.95 bits per heavy atom. The van der Waals surface area contributed by atoms with Gasteiger partial charge in [-0.2, -0.15) is 0 Å². The average molecular weight is 268 g/mol. The van der Waals surface area contributed by atoms with E-state index in [9.17, 15) is 9.59 Å². The van der Waals surface area contributed by atoms with Gasteiger partial charge in [-0.3, -0.25) is 4.79 Å². The van der Waals surface area contributed by atoms with Gasteiger partial charge in [-0.1, -0.05) is 39.0 Å². The molecule has 1 atom stereocenters. The lowest BCUT2D eigenvalue weighted by atomic mass is 10.1. The predicted octanol–water partition coefficient (Wildman–Crippen LogP) is 3.15. The Kier molecular flexibility index (Phi) is 7.23. The van der Waals surface area contributed by atoms with E-state index in [1.54, 1.807) is 6.08 Å². The number of carbonyl (C=O) groups is 2. The van der Waals surface area contributed by atoms with Crippen LogP contribution in [-0.2, 0) is 19.1 Å². The van der Waals surface area contributed by atoms with Gasteiger partial charge in [0.15, 0.2) is 0 Å². The molecule has 0 fully saturated rings. The highest BCUT2D eigenvalue weighted by Crippen LogP contribution is 2.21. The van der Waals surface area contributed by atoms with Crippen LogP contribution in [0.3, 0.4) is 0 Å². The van der Waals surface area contributed by atoms with E-state index in [0.717, 1.165) is 12.8 Å². The molecular weight excluding hydrogens is 244 g/mol. The highest BCUT2D eigenvalue weighted by molar-refractivity contribution is 5.95. The molecule has 1 aliphatic heterocycles. The number of esters is 2. The maximum absolute atomic E-state index is 11.5. The molecule has 0 saturated carbocycles. The first-order valence-electron chi connectivity index (χ1n) is 7.15. The first-order valence-corrected chi connectivity index (χ1v) is 7.15.